The molecule has 2 fully saturated rings. The summed E-state index contributed by atoms with van der Waals surface area (Å²) in [5, 5.41) is 10.8. The van der Waals surface area contributed by atoms with Gasteiger partial charge in [0.05, 0.1) is 6.10 Å². The molecule has 2 aliphatic carbocycles. The molecule has 100 valence electrons. The molecule has 0 aromatic carbocycles. The molecule has 0 unspecified atom stereocenters. The van der Waals surface area contributed by atoms with E-state index in [0.717, 1.165) is 18.4 Å². The summed E-state index contributed by atoms with van der Waals surface area (Å²) in [4.78, 5) is 11.7. The first-order chi connectivity index (χ1) is 8.46. The van der Waals surface area contributed by atoms with Gasteiger partial charge in [-0.15, -0.1) is 0 Å². The number of hydrogen-bond acceptors (Lipinski definition) is 3. The van der Waals surface area contributed by atoms with Crippen molar-refractivity contribution in [2.45, 2.75) is 58.7 Å². The summed E-state index contributed by atoms with van der Waals surface area (Å²) in [5.41, 5.74) is 1.43. The Morgan fingerprint density at radius 1 is 1.39 bits per heavy atom. The number of carbonyl (C=O) groups excluding carboxylic acids is 1. The van der Waals surface area contributed by atoms with Crippen molar-refractivity contribution < 1.29 is 14.6 Å². The zero-order valence-corrected chi connectivity index (χ0v) is 11.4. The second-order valence-electron chi connectivity index (χ2n) is 6.51. The van der Waals surface area contributed by atoms with Crippen molar-refractivity contribution in [1.82, 2.24) is 0 Å². The first-order valence-electron chi connectivity index (χ1n) is 7.06. The van der Waals surface area contributed by atoms with Gasteiger partial charge in [0.1, 0.15) is 6.10 Å². The maximum atomic E-state index is 11.7. The van der Waals surface area contributed by atoms with Gasteiger partial charge in [0.15, 0.2) is 0 Å². The van der Waals surface area contributed by atoms with E-state index in [1.165, 1.54) is 12.8 Å². The second kappa shape index (κ2) is 3.83. The molecule has 0 radical (unpaired) electrons. The van der Waals surface area contributed by atoms with E-state index in [1.54, 1.807) is 6.92 Å². The highest BCUT2D eigenvalue weighted by atomic mass is 16.5. The van der Waals surface area contributed by atoms with Gasteiger partial charge >= 0.3 is 5.97 Å². The molecule has 3 rings (SSSR count). The number of esters is 1. The minimum absolute atomic E-state index is 0.0840. The molecule has 5 atom stereocenters. The average Bonchev–Trinajstić information content (AvgIpc) is 2.60. The summed E-state index contributed by atoms with van der Waals surface area (Å²) in [7, 11) is 0. The van der Waals surface area contributed by atoms with Crippen LogP contribution in [0.25, 0.3) is 0 Å². The normalized spacial score (nSPS) is 47.7. The van der Waals surface area contributed by atoms with Crippen molar-refractivity contribution >= 4 is 5.97 Å². The zero-order valence-electron chi connectivity index (χ0n) is 11.4. The maximum absolute atomic E-state index is 11.7. The molecule has 0 amide bonds. The minimum Gasteiger partial charge on any atom is -0.454 e. The Morgan fingerprint density at radius 3 is 2.83 bits per heavy atom. The summed E-state index contributed by atoms with van der Waals surface area (Å²) in [6, 6.07) is 0. The summed E-state index contributed by atoms with van der Waals surface area (Å²) < 4.78 is 5.40. The highest BCUT2D eigenvalue weighted by Gasteiger charge is 2.56. The van der Waals surface area contributed by atoms with E-state index in [1.807, 2.05) is 0 Å². The standard InChI is InChI=1S/C15H22O3/c1-8-5-4-6-10-7-11-12(9(2)14(17)18-11)13(16)15(8,10)3/h8,10-11,13,16H,4-7H2,1-3H3/t8-,10+,11-,13+,15+/m1/s1. The van der Waals surface area contributed by atoms with Crippen LogP contribution in [0.3, 0.4) is 0 Å². The molecule has 3 aliphatic rings. The Labute approximate surface area is 108 Å². The third-order valence-electron chi connectivity index (χ3n) is 5.85. The highest BCUT2D eigenvalue weighted by Crippen LogP contribution is 2.56. The van der Waals surface area contributed by atoms with Crippen LogP contribution in [0.1, 0.15) is 46.5 Å². The van der Waals surface area contributed by atoms with Crippen LogP contribution in [-0.4, -0.2) is 23.3 Å². The molecule has 2 saturated carbocycles. The largest absolute Gasteiger partial charge is 0.454 e. The maximum Gasteiger partial charge on any atom is 0.334 e. The Bertz CT molecular complexity index is 425. The number of carbonyl (C=O) groups is 1. The number of rotatable bonds is 0. The van der Waals surface area contributed by atoms with E-state index < -0.39 is 6.10 Å². The summed E-state index contributed by atoms with van der Waals surface area (Å²) >= 11 is 0. The topological polar surface area (TPSA) is 46.5 Å². The van der Waals surface area contributed by atoms with Crippen LogP contribution in [0.5, 0.6) is 0 Å². The molecular weight excluding hydrogens is 228 g/mol. The Balaban J connectivity index is 2.04. The van der Waals surface area contributed by atoms with Crippen LogP contribution < -0.4 is 0 Å². The van der Waals surface area contributed by atoms with Gasteiger partial charge in [-0.2, -0.15) is 0 Å². The lowest BCUT2D eigenvalue weighted by Crippen LogP contribution is -2.53. The molecule has 0 bridgehead atoms. The quantitative estimate of drug-likeness (QED) is 0.672. The van der Waals surface area contributed by atoms with Crippen molar-refractivity contribution in [1.29, 1.82) is 0 Å². The van der Waals surface area contributed by atoms with Crippen molar-refractivity contribution in [2.75, 3.05) is 0 Å². The molecule has 1 aliphatic heterocycles. The Morgan fingerprint density at radius 2 is 2.11 bits per heavy atom. The molecule has 18 heavy (non-hydrogen) atoms. The molecular formula is C15H22O3. The van der Waals surface area contributed by atoms with Gasteiger partial charge < -0.3 is 9.84 Å². The monoisotopic (exact) mass is 250 g/mol. The fourth-order valence-electron chi connectivity index (χ4n) is 4.35. The SMILES string of the molecule is CC1=C2[C@@H](C[C@@H]3CCC[C@@H](C)[C@]3(C)[C@H]2O)OC1=O. The number of ether oxygens (including phenoxy) is 1. The first-order valence-corrected chi connectivity index (χ1v) is 7.06. The molecule has 0 aromatic heterocycles. The number of fused-ring (bicyclic) bond motifs is 2. The van der Waals surface area contributed by atoms with Crippen LogP contribution in [0.2, 0.25) is 0 Å². The van der Waals surface area contributed by atoms with Gasteiger partial charge in [0, 0.05) is 16.6 Å². The van der Waals surface area contributed by atoms with E-state index in [-0.39, 0.29) is 17.5 Å². The van der Waals surface area contributed by atoms with E-state index in [0.29, 0.717) is 17.4 Å². The van der Waals surface area contributed by atoms with Gasteiger partial charge in [-0.05, 0) is 31.6 Å². The fourth-order valence-corrected chi connectivity index (χ4v) is 4.35. The van der Waals surface area contributed by atoms with E-state index in [9.17, 15) is 9.90 Å². The summed E-state index contributed by atoms with van der Waals surface area (Å²) in [6.45, 7) is 6.23. The van der Waals surface area contributed by atoms with E-state index in [4.69, 9.17) is 4.74 Å². The van der Waals surface area contributed by atoms with Gasteiger partial charge in [0.25, 0.3) is 0 Å². The third-order valence-corrected chi connectivity index (χ3v) is 5.85. The van der Waals surface area contributed by atoms with Crippen LogP contribution in [-0.2, 0) is 9.53 Å². The number of aliphatic hydroxyl groups is 1. The van der Waals surface area contributed by atoms with E-state index >= 15 is 0 Å². The van der Waals surface area contributed by atoms with Crippen LogP contribution in [0, 0.1) is 17.3 Å². The van der Waals surface area contributed by atoms with Crippen molar-refractivity contribution in [3.63, 3.8) is 0 Å². The molecule has 0 spiro atoms. The first kappa shape index (κ1) is 12.2. The number of aliphatic hydroxyl groups excluding tert-OH is 1. The molecule has 0 saturated heterocycles. The van der Waals surface area contributed by atoms with Crippen molar-refractivity contribution in [3.05, 3.63) is 11.1 Å². The predicted molar refractivity (Wildman–Crippen MR) is 67.8 cm³/mol. The lowest BCUT2D eigenvalue weighted by molar-refractivity contribution is -0.145. The molecule has 1 heterocycles. The average molecular weight is 250 g/mol. The molecule has 1 N–H and O–H groups in total. The van der Waals surface area contributed by atoms with Crippen molar-refractivity contribution in [2.24, 2.45) is 17.3 Å². The van der Waals surface area contributed by atoms with Gasteiger partial charge in [0.2, 0.25) is 0 Å². The lowest BCUT2D eigenvalue weighted by atomic mass is 9.53. The summed E-state index contributed by atoms with van der Waals surface area (Å²) in [6.07, 6.45) is 3.79. The van der Waals surface area contributed by atoms with Crippen LogP contribution >= 0.6 is 0 Å². The Hall–Kier alpha value is -0.830. The van der Waals surface area contributed by atoms with Crippen molar-refractivity contribution in [3.8, 4) is 0 Å². The van der Waals surface area contributed by atoms with Gasteiger partial charge in [-0.25, -0.2) is 4.79 Å². The van der Waals surface area contributed by atoms with Crippen LogP contribution in [0.15, 0.2) is 11.1 Å². The summed E-state index contributed by atoms with van der Waals surface area (Å²) in [5.74, 6) is 0.746. The van der Waals surface area contributed by atoms with Gasteiger partial charge in [-0.3, -0.25) is 0 Å². The fraction of sp³-hybridized carbons (Fsp3) is 0.800. The van der Waals surface area contributed by atoms with Gasteiger partial charge in [-0.1, -0.05) is 26.7 Å². The number of hydrogen-bond donors (Lipinski definition) is 1. The van der Waals surface area contributed by atoms with Crippen LogP contribution in [0.4, 0.5) is 0 Å². The highest BCUT2D eigenvalue weighted by molar-refractivity contribution is 5.92. The zero-order chi connectivity index (χ0) is 13.1. The molecule has 3 heteroatoms. The minimum atomic E-state index is -0.511. The molecule has 3 nitrogen and oxygen atoms in total. The van der Waals surface area contributed by atoms with E-state index in [2.05, 4.69) is 13.8 Å². The Kier molecular flexibility index (Phi) is 2.60. The smallest absolute Gasteiger partial charge is 0.334 e. The third kappa shape index (κ3) is 1.37. The lowest BCUT2D eigenvalue weighted by Gasteiger charge is -2.53. The second-order valence-corrected chi connectivity index (χ2v) is 6.51. The molecule has 0 aromatic rings. The predicted octanol–water partition coefficient (Wildman–Crippen LogP) is 2.44.